The molecule has 7 heteroatoms. The Morgan fingerprint density at radius 2 is 2.08 bits per heavy atom. The molecule has 2 aliphatic heterocycles. The van der Waals surface area contributed by atoms with Crippen LogP contribution in [0.4, 0.5) is 5.95 Å². The Hall–Kier alpha value is -2.41. The van der Waals surface area contributed by atoms with Crippen LogP contribution in [0.1, 0.15) is 47.9 Å². The molecule has 0 aliphatic carbocycles. The van der Waals surface area contributed by atoms with Gasteiger partial charge in [-0.25, -0.2) is 9.97 Å². The van der Waals surface area contributed by atoms with E-state index in [2.05, 4.69) is 9.88 Å². The number of ether oxygens (including phenoxy) is 1. The lowest BCUT2D eigenvalue weighted by atomic mass is 10.2. The maximum atomic E-state index is 12.7. The highest BCUT2D eigenvalue weighted by Gasteiger charge is 2.29. The maximum absolute atomic E-state index is 12.7. The van der Waals surface area contributed by atoms with Crippen molar-refractivity contribution >= 4 is 11.9 Å². The Balaban J connectivity index is 1.48. The highest BCUT2D eigenvalue weighted by atomic mass is 16.5. The fourth-order valence-electron chi connectivity index (χ4n) is 3.46. The molecule has 0 aromatic carbocycles. The standard InChI is InChI=1S/C19H24N4O3/c1-2-14-5-6-16(26-14)18(24)23-11-12-25-17(13-23)15-7-8-20-19(21-15)22-9-3-4-10-22/h5-8,17H,2-4,9-13H2,1H3/t17-/m0/s1. The van der Waals surface area contributed by atoms with Crippen molar-refractivity contribution in [2.75, 3.05) is 37.7 Å². The van der Waals surface area contributed by atoms with Gasteiger partial charge in [0.1, 0.15) is 11.9 Å². The predicted molar refractivity (Wildman–Crippen MR) is 96.2 cm³/mol. The van der Waals surface area contributed by atoms with Crippen molar-refractivity contribution in [3.63, 3.8) is 0 Å². The molecule has 2 aliphatic rings. The first-order valence-electron chi connectivity index (χ1n) is 9.32. The van der Waals surface area contributed by atoms with Crippen LogP contribution < -0.4 is 4.90 Å². The van der Waals surface area contributed by atoms with E-state index in [4.69, 9.17) is 14.1 Å². The molecule has 0 radical (unpaired) electrons. The predicted octanol–water partition coefficient (Wildman–Crippen LogP) is 2.45. The minimum atomic E-state index is -0.238. The molecule has 26 heavy (non-hydrogen) atoms. The quantitative estimate of drug-likeness (QED) is 0.838. The molecule has 0 saturated carbocycles. The summed E-state index contributed by atoms with van der Waals surface area (Å²) >= 11 is 0. The highest BCUT2D eigenvalue weighted by molar-refractivity contribution is 5.91. The number of anilines is 1. The lowest BCUT2D eigenvalue weighted by molar-refractivity contribution is -0.0257. The van der Waals surface area contributed by atoms with Gasteiger partial charge in [-0.1, -0.05) is 6.92 Å². The van der Waals surface area contributed by atoms with Crippen molar-refractivity contribution in [3.05, 3.63) is 41.6 Å². The van der Waals surface area contributed by atoms with Gasteiger partial charge in [0.15, 0.2) is 5.76 Å². The molecular formula is C19H24N4O3. The molecule has 7 nitrogen and oxygen atoms in total. The van der Waals surface area contributed by atoms with Crippen LogP contribution in [-0.4, -0.2) is 53.6 Å². The zero-order valence-electron chi connectivity index (χ0n) is 15.1. The van der Waals surface area contributed by atoms with Gasteiger partial charge in [-0.05, 0) is 31.0 Å². The number of aryl methyl sites for hydroxylation is 1. The van der Waals surface area contributed by atoms with Crippen molar-refractivity contribution in [2.45, 2.75) is 32.3 Å². The normalized spacial score (nSPS) is 20.6. The molecule has 138 valence electrons. The van der Waals surface area contributed by atoms with Crippen LogP contribution in [0, 0.1) is 0 Å². The first kappa shape index (κ1) is 17.0. The fraction of sp³-hybridized carbons (Fsp3) is 0.526. The molecule has 2 saturated heterocycles. The first-order valence-corrected chi connectivity index (χ1v) is 9.32. The summed E-state index contributed by atoms with van der Waals surface area (Å²) in [5.74, 6) is 1.88. The van der Waals surface area contributed by atoms with Gasteiger partial charge < -0.3 is 19.0 Å². The smallest absolute Gasteiger partial charge is 0.289 e. The Morgan fingerprint density at radius 1 is 1.23 bits per heavy atom. The number of morpholine rings is 1. The number of carbonyl (C=O) groups is 1. The Bertz CT molecular complexity index is 770. The number of nitrogens with zero attached hydrogens (tertiary/aromatic N) is 4. The minimum Gasteiger partial charge on any atom is -0.456 e. The van der Waals surface area contributed by atoms with E-state index in [0.29, 0.717) is 25.5 Å². The van der Waals surface area contributed by atoms with E-state index in [1.807, 2.05) is 19.1 Å². The number of hydrogen-bond acceptors (Lipinski definition) is 6. The van der Waals surface area contributed by atoms with Crippen LogP contribution in [-0.2, 0) is 11.2 Å². The topological polar surface area (TPSA) is 71.7 Å². The van der Waals surface area contributed by atoms with Gasteiger partial charge in [-0.3, -0.25) is 4.79 Å². The summed E-state index contributed by atoms with van der Waals surface area (Å²) in [4.78, 5) is 25.8. The van der Waals surface area contributed by atoms with E-state index in [0.717, 1.165) is 36.9 Å². The van der Waals surface area contributed by atoms with Gasteiger partial charge >= 0.3 is 0 Å². The maximum Gasteiger partial charge on any atom is 0.289 e. The Kier molecular flexibility index (Phi) is 4.88. The fourth-order valence-corrected chi connectivity index (χ4v) is 3.46. The number of furan rings is 1. The van der Waals surface area contributed by atoms with Crippen LogP contribution in [0.3, 0.4) is 0 Å². The second-order valence-corrected chi connectivity index (χ2v) is 6.71. The molecule has 0 N–H and O–H groups in total. The molecular weight excluding hydrogens is 332 g/mol. The van der Waals surface area contributed by atoms with E-state index in [-0.39, 0.29) is 12.0 Å². The lowest BCUT2D eigenvalue weighted by Crippen LogP contribution is -2.42. The molecule has 1 amide bonds. The third kappa shape index (κ3) is 3.44. The van der Waals surface area contributed by atoms with Crippen LogP contribution >= 0.6 is 0 Å². The monoisotopic (exact) mass is 356 g/mol. The van der Waals surface area contributed by atoms with Crippen molar-refractivity contribution < 1.29 is 13.9 Å². The number of rotatable bonds is 4. The largest absolute Gasteiger partial charge is 0.456 e. The molecule has 2 aromatic heterocycles. The summed E-state index contributed by atoms with van der Waals surface area (Å²) in [5.41, 5.74) is 0.827. The highest BCUT2D eigenvalue weighted by Crippen LogP contribution is 2.24. The summed E-state index contributed by atoms with van der Waals surface area (Å²) < 4.78 is 11.5. The van der Waals surface area contributed by atoms with Crippen molar-refractivity contribution in [3.8, 4) is 0 Å². The van der Waals surface area contributed by atoms with E-state index in [9.17, 15) is 4.79 Å². The van der Waals surface area contributed by atoms with Gasteiger partial charge in [0.25, 0.3) is 5.91 Å². The summed E-state index contributed by atoms with van der Waals surface area (Å²) in [6.45, 7) is 5.51. The average molecular weight is 356 g/mol. The van der Waals surface area contributed by atoms with Crippen molar-refractivity contribution in [1.29, 1.82) is 0 Å². The van der Waals surface area contributed by atoms with Crippen LogP contribution in [0.5, 0.6) is 0 Å². The number of carbonyl (C=O) groups excluding carboxylic acids is 1. The SMILES string of the molecule is CCc1ccc(C(=O)N2CCO[C@H](c3ccnc(N4CCCC4)n3)C2)o1. The zero-order valence-corrected chi connectivity index (χ0v) is 15.1. The summed E-state index contributed by atoms with van der Waals surface area (Å²) in [6, 6.07) is 5.49. The summed E-state index contributed by atoms with van der Waals surface area (Å²) in [7, 11) is 0. The van der Waals surface area contributed by atoms with Gasteiger partial charge in [0.05, 0.1) is 18.8 Å². The van der Waals surface area contributed by atoms with Crippen molar-refractivity contribution in [1.82, 2.24) is 14.9 Å². The third-order valence-corrected chi connectivity index (χ3v) is 4.96. The lowest BCUT2D eigenvalue weighted by Gasteiger charge is -2.32. The number of amides is 1. The molecule has 1 atom stereocenters. The van der Waals surface area contributed by atoms with Gasteiger partial charge in [0.2, 0.25) is 5.95 Å². The summed E-state index contributed by atoms with van der Waals surface area (Å²) in [5, 5.41) is 0. The number of hydrogen-bond donors (Lipinski definition) is 0. The van der Waals surface area contributed by atoms with Gasteiger partial charge in [0, 0.05) is 32.3 Å². The Labute approximate surface area is 153 Å². The van der Waals surface area contributed by atoms with Crippen LogP contribution in [0.2, 0.25) is 0 Å². The molecule has 4 heterocycles. The number of aromatic nitrogens is 2. The zero-order chi connectivity index (χ0) is 17.9. The van der Waals surface area contributed by atoms with Crippen LogP contribution in [0.25, 0.3) is 0 Å². The molecule has 2 fully saturated rings. The minimum absolute atomic E-state index is 0.0909. The van der Waals surface area contributed by atoms with Crippen LogP contribution in [0.15, 0.2) is 28.8 Å². The third-order valence-electron chi connectivity index (χ3n) is 4.96. The summed E-state index contributed by atoms with van der Waals surface area (Å²) in [6.07, 6.45) is 4.68. The van der Waals surface area contributed by atoms with E-state index in [1.165, 1.54) is 12.8 Å². The molecule has 4 rings (SSSR count). The van der Waals surface area contributed by atoms with Gasteiger partial charge in [-0.2, -0.15) is 0 Å². The second-order valence-electron chi connectivity index (χ2n) is 6.71. The van der Waals surface area contributed by atoms with Gasteiger partial charge in [-0.15, -0.1) is 0 Å². The first-order chi connectivity index (χ1) is 12.7. The molecule has 0 bridgehead atoms. The van der Waals surface area contributed by atoms with Crippen molar-refractivity contribution in [2.24, 2.45) is 0 Å². The molecule has 0 unspecified atom stereocenters. The molecule has 0 spiro atoms. The second kappa shape index (κ2) is 7.45. The van der Waals surface area contributed by atoms with E-state index in [1.54, 1.807) is 17.2 Å². The van der Waals surface area contributed by atoms with E-state index < -0.39 is 0 Å². The molecule has 2 aromatic rings. The average Bonchev–Trinajstić information content (AvgIpc) is 3.39. The van der Waals surface area contributed by atoms with E-state index >= 15 is 0 Å². The Morgan fingerprint density at radius 3 is 2.85 bits per heavy atom.